The number of carbonyl (C=O) groups is 2. The van der Waals surface area contributed by atoms with Gasteiger partial charge in [-0.2, -0.15) is 0 Å². The van der Waals surface area contributed by atoms with Crippen molar-refractivity contribution in [3.05, 3.63) is 42.1 Å². The van der Waals surface area contributed by atoms with Crippen molar-refractivity contribution in [3.8, 4) is 0 Å². The number of imidazole rings is 1. The van der Waals surface area contributed by atoms with E-state index in [1.807, 2.05) is 0 Å². The third-order valence-corrected chi connectivity index (χ3v) is 2.32. The Bertz CT molecular complexity index is 606. The molecule has 0 saturated heterocycles. The summed E-state index contributed by atoms with van der Waals surface area (Å²) in [5.41, 5.74) is 0.255. The first-order valence-corrected chi connectivity index (χ1v) is 5.05. The van der Waals surface area contributed by atoms with Crippen LogP contribution in [0.2, 0.25) is 0 Å². The van der Waals surface area contributed by atoms with Crippen LogP contribution in [0.15, 0.2) is 30.9 Å². The van der Waals surface area contributed by atoms with E-state index >= 15 is 0 Å². The van der Waals surface area contributed by atoms with Crippen LogP contribution in [0.1, 0.15) is 20.8 Å². The second-order valence-electron chi connectivity index (χ2n) is 3.55. The Kier molecular flexibility index (Phi) is 3.05. The molecule has 2 aromatic heterocycles. The molecule has 1 amide bonds. The normalized spacial score (nSPS) is 10.1. The van der Waals surface area contributed by atoms with E-state index in [2.05, 4.69) is 15.3 Å². The van der Waals surface area contributed by atoms with Crippen molar-refractivity contribution in [3.63, 3.8) is 0 Å². The number of anilines is 1. The quantitative estimate of drug-likeness (QED) is 0.833. The molecule has 0 aliphatic carbocycles. The third-order valence-electron chi connectivity index (χ3n) is 2.32. The van der Waals surface area contributed by atoms with Crippen molar-refractivity contribution in [2.75, 3.05) is 5.32 Å². The molecule has 0 aliphatic heterocycles. The summed E-state index contributed by atoms with van der Waals surface area (Å²) in [6.45, 7) is 0. The van der Waals surface area contributed by atoms with Crippen molar-refractivity contribution in [2.45, 2.75) is 0 Å². The highest BCUT2D eigenvalue weighted by molar-refractivity contribution is 6.05. The summed E-state index contributed by atoms with van der Waals surface area (Å²) in [4.78, 5) is 30.5. The largest absolute Gasteiger partial charge is 0.478 e. The predicted octanol–water partition coefficient (Wildman–Crippen LogP) is 0.766. The van der Waals surface area contributed by atoms with Gasteiger partial charge in [-0.05, 0) is 12.1 Å². The molecule has 2 rings (SSSR count). The summed E-state index contributed by atoms with van der Waals surface area (Å²) in [6.07, 6.45) is 4.27. The summed E-state index contributed by atoms with van der Waals surface area (Å²) >= 11 is 0. The van der Waals surface area contributed by atoms with Crippen molar-refractivity contribution in [2.24, 2.45) is 7.05 Å². The van der Waals surface area contributed by atoms with Gasteiger partial charge in [0, 0.05) is 13.2 Å². The Labute approximate surface area is 102 Å². The van der Waals surface area contributed by atoms with Crippen LogP contribution >= 0.6 is 0 Å². The maximum atomic E-state index is 11.9. The van der Waals surface area contributed by atoms with E-state index in [1.165, 1.54) is 35.4 Å². The molecule has 0 aromatic carbocycles. The standard InChI is InChI=1S/C11H10N4O3/c1-15-6-12-5-8(15)10(16)14-9-7(11(17)18)3-2-4-13-9/h2-6H,1H3,(H,17,18)(H,13,14,16). The number of carboxylic acids is 1. The van der Waals surface area contributed by atoms with Crippen LogP contribution in [-0.4, -0.2) is 31.5 Å². The van der Waals surface area contributed by atoms with Gasteiger partial charge in [-0.15, -0.1) is 0 Å². The lowest BCUT2D eigenvalue weighted by Gasteiger charge is -2.06. The number of carbonyl (C=O) groups excluding carboxylic acids is 1. The van der Waals surface area contributed by atoms with Gasteiger partial charge in [-0.1, -0.05) is 0 Å². The van der Waals surface area contributed by atoms with E-state index in [1.54, 1.807) is 7.05 Å². The van der Waals surface area contributed by atoms with Gasteiger partial charge in [-0.3, -0.25) is 4.79 Å². The average molecular weight is 246 g/mol. The van der Waals surface area contributed by atoms with Gasteiger partial charge in [0.1, 0.15) is 17.1 Å². The highest BCUT2D eigenvalue weighted by atomic mass is 16.4. The molecule has 0 atom stereocenters. The first-order chi connectivity index (χ1) is 8.59. The number of carboxylic acid groups (broad SMARTS) is 1. The number of hydrogen-bond acceptors (Lipinski definition) is 4. The fraction of sp³-hybridized carbons (Fsp3) is 0.0909. The number of rotatable bonds is 3. The van der Waals surface area contributed by atoms with Gasteiger partial charge >= 0.3 is 5.97 Å². The zero-order valence-electron chi connectivity index (χ0n) is 9.49. The average Bonchev–Trinajstić information content (AvgIpc) is 2.76. The number of hydrogen-bond donors (Lipinski definition) is 2. The molecule has 0 saturated carbocycles. The molecule has 7 nitrogen and oxygen atoms in total. The van der Waals surface area contributed by atoms with Crippen LogP contribution in [0.4, 0.5) is 5.82 Å². The van der Waals surface area contributed by atoms with Crippen LogP contribution < -0.4 is 5.32 Å². The number of aryl methyl sites for hydroxylation is 1. The number of nitrogens with one attached hydrogen (secondary N) is 1. The van der Waals surface area contributed by atoms with Crippen LogP contribution in [0.3, 0.4) is 0 Å². The van der Waals surface area contributed by atoms with Gasteiger partial charge in [-0.25, -0.2) is 14.8 Å². The Balaban J connectivity index is 2.28. The summed E-state index contributed by atoms with van der Waals surface area (Å²) < 4.78 is 1.53. The second-order valence-corrected chi connectivity index (χ2v) is 3.55. The molecule has 7 heteroatoms. The van der Waals surface area contributed by atoms with E-state index < -0.39 is 11.9 Å². The number of pyridine rings is 1. The lowest BCUT2D eigenvalue weighted by atomic mass is 10.2. The van der Waals surface area contributed by atoms with Crippen molar-refractivity contribution < 1.29 is 14.7 Å². The van der Waals surface area contributed by atoms with Gasteiger partial charge in [0.15, 0.2) is 0 Å². The highest BCUT2D eigenvalue weighted by Crippen LogP contribution is 2.12. The lowest BCUT2D eigenvalue weighted by molar-refractivity contribution is 0.0697. The Morgan fingerprint density at radius 1 is 1.44 bits per heavy atom. The number of aromatic carboxylic acids is 1. The monoisotopic (exact) mass is 246 g/mol. The smallest absolute Gasteiger partial charge is 0.339 e. The predicted molar refractivity (Wildman–Crippen MR) is 62.4 cm³/mol. The molecule has 2 N–H and O–H groups in total. The molecule has 2 heterocycles. The molecule has 0 fully saturated rings. The Morgan fingerprint density at radius 2 is 2.22 bits per heavy atom. The summed E-state index contributed by atoms with van der Waals surface area (Å²) in [6, 6.07) is 2.86. The maximum absolute atomic E-state index is 11.9. The summed E-state index contributed by atoms with van der Waals surface area (Å²) in [5.74, 6) is -1.60. The minimum Gasteiger partial charge on any atom is -0.478 e. The first kappa shape index (κ1) is 11.8. The molecule has 0 unspecified atom stereocenters. The van der Waals surface area contributed by atoms with Crippen LogP contribution in [0.25, 0.3) is 0 Å². The number of aromatic nitrogens is 3. The molecule has 92 valence electrons. The second kappa shape index (κ2) is 4.66. The van der Waals surface area contributed by atoms with Crippen molar-refractivity contribution in [1.82, 2.24) is 14.5 Å². The SMILES string of the molecule is Cn1cncc1C(=O)Nc1ncccc1C(=O)O. The van der Waals surface area contributed by atoms with E-state index in [0.29, 0.717) is 5.69 Å². The van der Waals surface area contributed by atoms with Gasteiger partial charge < -0.3 is 15.0 Å². The van der Waals surface area contributed by atoms with Crippen LogP contribution in [-0.2, 0) is 7.05 Å². The fourth-order valence-electron chi connectivity index (χ4n) is 1.43. The lowest BCUT2D eigenvalue weighted by Crippen LogP contribution is -2.18. The molecule has 0 aliphatic rings. The van der Waals surface area contributed by atoms with E-state index in [9.17, 15) is 9.59 Å². The summed E-state index contributed by atoms with van der Waals surface area (Å²) in [5, 5.41) is 11.4. The van der Waals surface area contributed by atoms with Gasteiger partial charge in [0.2, 0.25) is 0 Å². The highest BCUT2D eigenvalue weighted by Gasteiger charge is 2.15. The van der Waals surface area contributed by atoms with Crippen molar-refractivity contribution in [1.29, 1.82) is 0 Å². The number of nitrogens with zero attached hydrogens (tertiary/aromatic N) is 3. The Hall–Kier alpha value is -2.70. The maximum Gasteiger partial charge on any atom is 0.339 e. The minimum absolute atomic E-state index is 0.0104. The number of amides is 1. The molecular weight excluding hydrogens is 236 g/mol. The minimum atomic E-state index is -1.15. The van der Waals surface area contributed by atoms with Gasteiger partial charge in [0.25, 0.3) is 5.91 Å². The Morgan fingerprint density at radius 3 is 2.83 bits per heavy atom. The van der Waals surface area contributed by atoms with Gasteiger partial charge in [0.05, 0.1) is 12.5 Å². The fourth-order valence-corrected chi connectivity index (χ4v) is 1.43. The van der Waals surface area contributed by atoms with Crippen LogP contribution in [0.5, 0.6) is 0 Å². The van der Waals surface area contributed by atoms with E-state index in [0.717, 1.165) is 0 Å². The molecule has 2 aromatic rings. The van der Waals surface area contributed by atoms with E-state index in [4.69, 9.17) is 5.11 Å². The topological polar surface area (TPSA) is 97.1 Å². The molecule has 0 spiro atoms. The molecule has 0 radical (unpaired) electrons. The molecular formula is C11H10N4O3. The zero-order valence-corrected chi connectivity index (χ0v) is 9.49. The van der Waals surface area contributed by atoms with E-state index in [-0.39, 0.29) is 11.4 Å². The molecule has 18 heavy (non-hydrogen) atoms. The van der Waals surface area contributed by atoms with Crippen molar-refractivity contribution >= 4 is 17.7 Å². The third kappa shape index (κ3) is 2.19. The zero-order chi connectivity index (χ0) is 13.1. The van der Waals surface area contributed by atoms with Crippen LogP contribution in [0, 0.1) is 0 Å². The molecule has 0 bridgehead atoms. The summed E-state index contributed by atoms with van der Waals surface area (Å²) in [7, 11) is 1.67. The first-order valence-electron chi connectivity index (χ1n) is 5.05.